The molecule has 3 saturated carbocycles. The van der Waals surface area contributed by atoms with Crippen LogP contribution in [-0.2, 0) is 14.3 Å². The van der Waals surface area contributed by atoms with E-state index in [9.17, 15) is 9.59 Å². The molecule has 154 valence electrons. The molecule has 0 N–H and O–H groups in total. The van der Waals surface area contributed by atoms with Crippen molar-refractivity contribution in [2.45, 2.75) is 69.6 Å². The van der Waals surface area contributed by atoms with Crippen LogP contribution in [0, 0.1) is 16.7 Å². The molecular formula is C25H31NO3. The minimum atomic E-state index is -0.0852. The van der Waals surface area contributed by atoms with E-state index in [4.69, 9.17) is 4.74 Å². The maximum atomic E-state index is 12.9. The van der Waals surface area contributed by atoms with E-state index in [1.807, 2.05) is 0 Å². The molecule has 0 unspecified atom stereocenters. The third-order valence-electron chi connectivity index (χ3n) is 8.69. The average Bonchev–Trinajstić information content (AvgIpc) is 3.46. The van der Waals surface area contributed by atoms with E-state index in [0.29, 0.717) is 24.3 Å². The van der Waals surface area contributed by atoms with Crippen molar-refractivity contribution < 1.29 is 14.3 Å². The van der Waals surface area contributed by atoms with Gasteiger partial charge in [0.15, 0.2) is 0 Å². The van der Waals surface area contributed by atoms with Crippen LogP contribution in [0.5, 0.6) is 0 Å². The molecule has 1 aromatic rings. The molecule has 5 fully saturated rings. The Morgan fingerprint density at radius 2 is 1.66 bits per heavy atom. The first-order valence-electron chi connectivity index (χ1n) is 11.6. The van der Waals surface area contributed by atoms with Crippen molar-refractivity contribution in [1.29, 1.82) is 0 Å². The Labute approximate surface area is 173 Å². The Morgan fingerprint density at radius 3 is 2.28 bits per heavy atom. The van der Waals surface area contributed by atoms with E-state index in [2.05, 4.69) is 29.2 Å². The van der Waals surface area contributed by atoms with Gasteiger partial charge in [0, 0.05) is 24.4 Å². The number of amides is 1. The first-order valence-corrected chi connectivity index (χ1v) is 11.6. The Bertz CT molecular complexity index is 835. The molecule has 2 heterocycles. The van der Waals surface area contributed by atoms with Gasteiger partial charge in [-0.3, -0.25) is 9.59 Å². The van der Waals surface area contributed by atoms with Crippen LogP contribution in [0.3, 0.4) is 0 Å². The number of piperidine rings is 1. The van der Waals surface area contributed by atoms with Gasteiger partial charge < -0.3 is 9.64 Å². The summed E-state index contributed by atoms with van der Waals surface area (Å²) in [6.07, 6.45) is 9.87. The third kappa shape index (κ3) is 3.10. The van der Waals surface area contributed by atoms with Crippen LogP contribution in [-0.4, -0.2) is 36.5 Å². The van der Waals surface area contributed by atoms with Crippen LogP contribution < -0.4 is 0 Å². The van der Waals surface area contributed by atoms with Crippen LogP contribution >= 0.6 is 0 Å². The average molecular weight is 394 g/mol. The summed E-state index contributed by atoms with van der Waals surface area (Å²) in [5, 5.41) is 0. The molecule has 0 radical (unpaired) electrons. The number of esters is 1. The van der Waals surface area contributed by atoms with Crippen molar-refractivity contribution in [1.82, 2.24) is 4.90 Å². The summed E-state index contributed by atoms with van der Waals surface area (Å²) in [6, 6.07) is 9.35. The highest BCUT2D eigenvalue weighted by molar-refractivity contribution is 5.81. The van der Waals surface area contributed by atoms with Crippen LogP contribution in [0.4, 0.5) is 0 Å². The van der Waals surface area contributed by atoms with Crippen molar-refractivity contribution in [3.63, 3.8) is 0 Å². The highest BCUT2D eigenvalue weighted by Gasteiger charge is 2.54. The maximum Gasteiger partial charge on any atom is 0.306 e. The molecule has 0 aromatic heterocycles. The Balaban J connectivity index is 1.01. The monoisotopic (exact) mass is 393 g/mol. The second-order valence-electron chi connectivity index (χ2n) is 10.8. The summed E-state index contributed by atoms with van der Waals surface area (Å²) >= 11 is 0. The summed E-state index contributed by atoms with van der Waals surface area (Å²) in [6.45, 7) is 2.38. The lowest BCUT2D eigenvalue weighted by Gasteiger charge is -2.53. The summed E-state index contributed by atoms with van der Waals surface area (Å²) in [5.41, 5.74) is 3.57. The number of likely N-dealkylation sites (tertiary alicyclic amines) is 1. The SMILES string of the molecule is O=C1CC2(CO1)CC(C(=O)N1CCC3(CC1)CC(c1cccc(C4CC4)c1)C3)C2. The number of carbonyl (C=O) groups is 2. The van der Waals surface area contributed by atoms with Crippen LogP contribution in [0.25, 0.3) is 0 Å². The fourth-order valence-corrected chi connectivity index (χ4v) is 6.64. The zero-order valence-corrected chi connectivity index (χ0v) is 17.2. The topological polar surface area (TPSA) is 46.6 Å². The molecule has 4 nitrogen and oxygen atoms in total. The van der Waals surface area contributed by atoms with Gasteiger partial charge in [0.25, 0.3) is 0 Å². The normalized spacial score (nSPS) is 28.3. The Hall–Kier alpha value is -1.84. The minimum absolute atomic E-state index is 0.00931. The lowest BCUT2D eigenvalue weighted by molar-refractivity contribution is -0.147. The largest absolute Gasteiger partial charge is 0.465 e. The van der Waals surface area contributed by atoms with Gasteiger partial charge in [0.1, 0.15) is 0 Å². The van der Waals surface area contributed by atoms with E-state index < -0.39 is 0 Å². The molecule has 2 aliphatic heterocycles. The van der Waals surface area contributed by atoms with Gasteiger partial charge in [-0.25, -0.2) is 0 Å². The van der Waals surface area contributed by atoms with Crippen LogP contribution in [0.1, 0.15) is 80.8 Å². The first kappa shape index (κ1) is 18.0. The smallest absolute Gasteiger partial charge is 0.306 e. The quantitative estimate of drug-likeness (QED) is 0.716. The van der Waals surface area contributed by atoms with Gasteiger partial charge >= 0.3 is 5.97 Å². The number of benzene rings is 1. The molecule has 2 saturated heterocycles. The van der Waals surface area contributed by atoms with Gasteiger partial charge in [0.05, 0.1) is 13.0 Å². The highest BCUT2D eigenvalue weighted by atomic mass is 16.5. The minimum Gasteiger partial charge on any atom is -0.465 e. The van der Waals surface area contributed by atoms with Crippen molar-refractivity contribution in [3.8, 4) is 0 Å². The highest BCUT2D eigenvalue weighted by Crippen LogP contribution is 2.58. The fraction of sp³-hybridized carbons (Fsp3) is 0.680. The first-order chi connectivity index (χ1) is 14.0. The van der Waals surface area contributed by atoms with Crippen molar-refractivity contribution in [3.05, 3.63) is 35.4 Å². The summed E-state index contributed by atoms with van der Waals surface area (Å²) < 4.78 is 5.14. The van der Waals surface area contributed by atoms with Gasteiger partial charge in [0.2, 0.25) is 5.91 Å². The summed E-state index contributed by atoms with van der Waals surface area (Å²) in [7, 11) is 0. The standard InChI is InChI=1S/C25H31NO3/c27-22-15-25(16-29-22)13-21(14-25)23(28)26-8-6-24(7-9-26)11-20(12-24)19-3-1-2-18(10-19)17-4-5-17/h1-3,10,17,20-21H,4-9,11-16H2. The maximum absolute atomic E-state index is 12.9. The number of hydrogen-bond donors (Lipinski definition) is 0. The lowest BCUT2D eigenvalue weighted by atomic mass is 9.55. The van der Waals surface area contributed by atoms with Gasteiger partial charge in [-0.05, 0) is 79.7 Å². The van der Waals surface area contributed by atoms with E-state index in [0.717, 1.165) is 50.6 Å². The Morgan fingerprint density at radius 1 is 0.966 bits per heavy atom. The molecule has 2 spiro atoms. The Kier molecular flexibility index (Phi) is 3.92. The van der Waals surface area contributed by atoms with Gasteiger partial charge in [-0.1, -0.05) is 24.3 Å². The van der Waals surface area contributed by atoms with E-state index in [1.54, 1.807) is 11.1 Å². The number of cyclic esters (lactones) is 1. The van der Waals surface area contributed by atoms with Crippen LogP contribution in [0.2, 0.25) is 0 Å². The van der Waals surface area contributed by atoms with E-state index in [1.165, 1.54) is 25.7 Å². The predicted octanol–water partition coefficient (Wildman–Crippen LogP) is 4.39. The van der Waals surface area contributed by atoms with Crippen molar-refractivity contribution in [2.75, 3.05) is 19.7 Å². The second kappa shape index (κ2) is 6.33. The number of rotatable bonds is 3. The second-order valence-corrected chi connectivity index (χ2v) is 10.8. The van der Waals surface area contributed by atoms with E-state index >= 15 is 0 Å². The lowest BCUT2D eigenvalue weighted by Crippen LogP contribution is -2.52. The molecule has 5 aliphatic rings. The zero-order valence-electron chi connectivity index (χ0n) is 17.2. The molecule has 0 bridgehead atoms. The summed E-state index contributed by atoms with van der Waals surface area (Å²) in [5.74, 6) is 1.92. The molecule has 3 aliphatic carbocycles. The van der Waals surface area contributed by atoms with Gasteiger partial charge in [-0.2, -0.15) is 0 Å². The number of carbonyl (C=O) groups excluding carboxylic acids is 2. The van der Waals surface area contributed by atoms with Crippen molar-refractivity contribution in [2.24, 2.45) is 16.7 Å². The number of hydrogen-bond acceptors (Lipinski definition) is 3. The molecule has 4 heteroatoms. The van der Waals surface area contributed by atoms with Crippen LogP contribution in [0.15, 0.2) is 24.3 Å². The van der Waals surface area contributed by atoms with E-state index in [-0.39, 0.29) is 17.3 Å². The van der Waals surface area contributed by atoms with Gasteiger partial charge in [-0.15, -0.1) is 0 Å². The number of nitrogens with zero attached hydrogens (tertiary/aromatic N) is 1. The zero-order chi connectivity index (χ0) is 19.6. The van der Waals surface area contributed by atoms with Crippen molar-refractivity contribution >= 4 is 11.9 Å². The molecule has 6 rings (SSSR count). The number of ether oxygens (including phenoxy) is 1. The predicted molar refractivity (Wildman–Crippen MR) is 109 cm³/mol. The summed E-state index contributed by atoms with van der Waals surface area (Å²) in [4.78, 5) is 26.4. The molecule has 29 heavy (non-hydrogen) atoms. The molecular weight excluding hydrogens is 362 g/mol. The fourth-order valence-electron chi connectivity index (χ4n) is 6.64. The molecule has 1 aromatic carbocycles. The molecule has 0 atom stereocenters. The molecule has 1 amide bonds. The third-order valence-corrected chi connectivity index (χ3v) is 8.69.